The molecular formula is C44H29N. The first-order valence-corrected chi connectivity index (χ1v) is 15.5. The summed E-state index contributed by atoms with van der Waals surface area (Å²) in [6, 6.07) is 55.5. The predicted octanol–water partition coefficient (Wildman–Crippen LogP) is 12.1. The van der Waals surface area contributed by atoms with Gasteiger partial charge in [-0.3, -0.25) is 4.98 Å². The summed E-state index contributed by atoms with van der Waals surface area (Å²) in [7, 11) is 0. The lowest BCUT2D eigenvalue weighted by Gasteiger charge is -2.19. The van der Waals surface area contributed by atoms with Gasteiger partial charge in [0.05, 0.1) is 5.69 Å². The third-order valence-electron chi connectivity index (χ3n) is 9.31. The van der Waals surface area contributed by atoms with Crippen molar-refractivity contribution in [2.75, 3.05) is 0 Å². The number of pyridine rings is 1. The summed E-state index contributed by atoms with van der Waals surface area (Å²) >= 11 is 0. The number of nitrogens with zero attached hydrogens (tertiary/aromatic N) is 1. The fourth-order valence-corrected chi connectivity index (χ4v) is 7.21. The van der Waals surface area contributed by atoms with Crippen LogP contribution in [-0.2, 0) is 0 Å². The van der Waals surface area contributed by atoms with Gasteiger partial charge in [0.2, 0.25) is 0 Å². The average Bonchev–Trinajstić information content (AvgIpc) is 3.10. The Kier molecular flexibility index (Phi) is 5.79. The van der Waals surface area contributed by atoms with Gasteiger partial charge in [0.15, 0.2) is 0 Å². The van der Waals surface area contributed by atoms with Crippen molar-refractivity contribution in [2.45, 2.75) is 6.92 Å². The number of rotatable bonds is 4. The first-order valence-electron chi connectivity index (χ1n) is 15.5. The van der Waals surface area contributed by atoms with E-state index in [2.05, 4.69) is 151 Å². The van der Waals surface area contributed by atoms with E-state index < -0.39 is 0 Å². The summed E-state index contributed by atoms with van der Waals surface area (Å²) < 4.78 is 0. The Morgan fingerprint density at radius 1 is 0.378 bits per heavy atom. The maximum Gasteiger partial charge on any atom is 0.0701 e. The lowest BCUT2D eigenvalue weighted by atomic mass is 9.85. The molecule has 0 fully saturated rings. The highest BCUT2D eigenvalue weighted by molar-refractivity contribution is 6.28. The molecule has 210 valence electrons. The molecule has 0 N–H and O–H groups in total. The van der Waals surface area contributed by atoms with Gasteiger partial charge in [0.25, 0.3) is 0 Å². The molecule has 1 aromatic heterocycles. The normalized spacial score (nSPS) is 11.7. The van der Waals surface area contributed by atoms with Gasteiger partial charge < -0.3 is 0 Å². The summed E-state index contributed by atoms with van der Waals surface area (Å²) in [6.07, 6.45) is 1.85. The second-order valence-corrected chi connectivity index (χ2v) is 12.1. The minimum Gasteiger partial charge on any atom is -0.256 e. The highest BCUT2D eigenvalue weighted by Gasteiger charge is 2.17. The molecule has 1 heterocycles. The Bertz CT molecular complexity index is 2480. The molecule has 8 aromatic carbocycles. The van der Waals surface area contributed by atoms with Crippen molar-refractivity contribution in [2.24, 2.45) is 0 Å². The number of hydrogen-bond donors (Lipinski definition) is 0. The minimum atomic E-state index is 0.988. The van der Waals surface area contributed by atoms with Gasteiger partial charge in [0, 0.05) is 11.8 Å². The van der Waals surface area contributed by atoms with Crippen LogP contribution in [-0.4, -0.2) is 4.98 Å². The van der Waals surface area contributed by atoms with Crippen molar-refractivity contribution in [1.82, 2.24) is 4.98 Å². The van der Waals surface area contributed by atoms with Crippen LogP contribution in [0.2, 0.25) is 0 Å². The molecule has 0 spiro atoms. The van der Waals surface area contributed by atoms with Crippen molar-refractivity contribution in [3.8, 4) is 44.6 Å². The lowest BCUT2D eigenvalue weighted by Crippen LogP contribution is -1.92. The number of fused-ring (bicyclic) bond motifs is 1. The second kappa shape index (κ2) is 10.1. The highest BCUT2D eigenvalue weighted by Crippen LogP contribution is 2.45. The van der Waals surface area contributed by atoms with Gasteiger partial charge in [-0.1, -0.05) is 133 Å². The maximum atomic E-state index is 4.56. The predicted molar refractivity (Wildman–Crippen MR) is 192 cm³/mol. The van der Waals surface area contributed by atoms with Gasteiger partial charge in [-0.25, -0.2) is 0 Å². The molecule has 1 nitrogen and oxygen atoms in total. The van der Waals surface area contributed by atoms with Crippen LogP contribution in [0.15, 0.2) is 158 Å². The van der Waals surface area contributed by atoms with Crippen molar-refractivity contribution in [3.63, 3.8) is 0 Å². The molecule has 0 atom stereocenters. The Hall–Kier alpha value is -5.79. The summed E-state index contributed by atoms with van der Waals surface area (Å²) in [4.78, 5) is 4.56. The van der Waals surface area contributed by atoms with E-state index in [9.17, 15) is 0 Å². The Morgan fingerprint density at radius 3 is 1.60 bits per heavy atom. The Labute approximate surface area is 262 Å². The van der Waals surface area contributed by atoms with Gasteiger partial charge in [-0.15, -0.1) is 0 Å². The molecule has 0 saturated heterocycles. The third-order valence-corrected chi connectivity index (χ3v) is 9.31. The zero-order valence-electron chi connectivity index (χ0n) is 25.0. The summed E-state index contributed by atoms with van der Waals surface area (Å²) in [5, 5.41) is 10.4. The van der Waals surface area contributed by atoms with Gasteiger partial charge in [-0.05, 0) is 107 Å². The molecule has 0 bridgehead atoms. The second-order valence-electron chi connectivity index (χ2n) is 12.1. The lowest BCUT2D eigenvalue weighted by molar-refractivity contribution is 1.33. The first kappa shape index (κ1) is 25.7. The van der Waals surface area contributed by atoms with E-state index in [-0.39, 0.29) is 0 Å². The molecule has 0 radical (unpaired) electrons. The third kappa shape index (κ3) is 4.20. The maximum absolute atomic E-state index is 4.56. The summed E-state index contributed by atoms with van der Waals surface area (Å²) in [5.74, 6) is 0. The molecule has 9 aromatic rings. The highest BCUT2D eigenvalue weighted by atomic mass is 14.7. The number of benzene rings is 8. The smallest absolute Gasteiger partial charge is 0.0701 e. The Morgan fingerprint density at radius 2 is 0.956 bits per heavy atom. The van der Waals surface area contributed by atoms with E-state index >= 15 is 0 Å². The summed E-state index contributed by atoms with van der Waals surface area (Å²) in [6.45, 7) is 2.19. The molecule has 0 unspecified atom stereocenters. The van der Waals surface area contributed by atoms with Crippen LogP contribution in [0.25, 0.3) is 87.7 Å². The van der Waals surface area contributed by atoms with Crippen molar-refractivity contribution in [1.29, 1.82) is 0 Å². The molecule has 0 aliphatic heterocycles. The van der Waals surface area contributed by atoms with Crippen LogP contribution in [0.4, 0.5) is 0 Å². The monoisotopic (exact) mass is 571 g/mol. The molecule has 0 aliphatic rings. The van der Waals surface area contributed by atoms with Crippen LogP contribution in [0.3, 0.4) is 0 Å². The van der Waals surface area contributed by atoms with Crippen LogP contribution in [0.5, 0.6) is 0 Å². The number of hydrogen-bond acceptors (Lipinski definition) is 1. The van der Waals surface area contributed by atoms with Gasteiger partial charge >= 0.3 is 0 Å². The fourth-order valence-electron chi connectivity index (χ4n) is 7.21. The van der Waals surface area contributed by atoms with E-state index in [4.69, 9.17) is 0 Å². The largest absolute Gasteiger partial charge is 0.256 e. The molecule has 9 rings (SSSR count). The first-order chi connectivity index (χ1) is 22.2. The quantitative estimate of drug-likeness (QED) is 0.191. The molecule has 0 aliphatic carbocycles. The standard InChI is InChI=1S/C44H29N/c1-28-25-34-20-22-38-40(31-14-12-30(13-15-31)37-10-6-8-29-7-2-3-9-36(29)37)27-41(39-23-21-35(26-28)43(34)44(38)39)32-16-18-33(19-17-32)42-11-4-5-24-45-42/h2-27H,1H3. The van der Waals surface area contributed by atoms with E-state index in [1.54, 1.807) is 0 Å². The zero-order valence-corrected chi connectivity index (χ0v) is 25.0. The van der Waals surface area contributed by atoms with Crippen molar-refractivity contribution < 1.29 is 0 Å². The SMILES string of the molecule is Cc1cc2ccc3c(-c4ccc(-c5ccccn5)cc4)cc(-c4ccc(-c5cccc6ccccc56)cc4)c4ccc(c1)c2c34. The summed E-state index contributed by atoms with van der Waals surface area (Å²) in [5.41, 5.74) is 10.8. The van der Waals surface area contributed by atoms with E-state index in [0.717, 1.165) is 11.3 Å². The Balaban J connectivity index is 1.26. The molecule has 0 amide bonds. The van der Waals surface area contributed by atoms with Crippen molar-refractivity contribution in [3.05, 3.63) is 163 Å². The van der Waals surface area contributed by atoms with Crippen LogP contribution in [0.1, 0.15) is 5.56 Å². The topological polar surface area (TPSA) is 12.9 Å². The fraction of sp³-hybridized carbons (Fsp3) is 0.0227. The van der Waals surface area contributed by atoms with E-state index in [1.807, 2.05) is 18.3 Å². The molecule has 1 heteroatoms. The molecule has 45 heavy (non-hydrogen) atoms. The van der Waals surface area contributed by atoms with Crippen LogP contribution in [0, 0.1) is 6.92 Å². The minimum absolute atomic E-state index is 0.988. The van der Waals surface area contributed by atoms with Crippen LogP contribution >= 0.6 is 0 Å². The van der Waals surface area contributed by atoms with Crippen molar-refractivity contribution >= 4 is 43.1 Å². The molecule has 0 saturated carbocycles. The zero-order chi connectivity index (χ0) is 29.9. The van der Waals surface area contributed by atoms with E-state index in [0.29, 0.717) is 0 Å². The van der Waals surface area contributed by atoms with E-state index in [1.165, 1.54) is 82.0 Å². The van der Waals surface area contributed by atoms with Crippen LogP contribution < -0.4 is 0 Å². The van der Waals surface area contributed by atoms with Gasteiger partial charge in [0.1, 0.15) is 0 Å². The van der Waals surface area contributed by atoms with Gasteiger partial charge in [-0.2, -0.15) is 0 Å². The molecular weight excluding hydrogens is 542 g/mol. The number of aromatic nitrogens is 1. The number of aryl methyl sites for hydroxylation is 1. The average molecular weight is 572 g/mol.